The van der Waals surface area contributed by atoms with Gasteiger partial charge in [0.15, 0.2) is 5.65 Å². The van der Waals surface area contributed by atoms with Crippen molar-refractivity contribution >= 4 is 21.9 Å². The molecule has 0 spiro atoms. The van der Waals surface area contributed by atoms with Crippen LogP contribution in [0.25, 0.3) is 33.1 Å². The smallest absolute Gasteiger partial charge is 0.160 e. The summed E-state index contributed by atoms with van der Waals surface area (Å²) in [6, 6.07) is 17.2. The summed E-state index contributed by atoms with van der Waals surface area (Å²) in [6.07, 6.45) is 4.37. The molecule has 4 aromatic rings. The van der Waals surface area contributed by atoms with Crippen LogP contribution < -0.4 is 5.32 Å². The number of fused-ring (bicyclic) bond motifs is 2. The molecule has 27 heavy (non-hydrogen) atoms. The number of hydrogen-bond acceptors (Lipinski definition) is 3. The SMILES string of the molecule is Cc1nc2c(-c3ccc4ccccc4c3)ccnc2n1CC1CCNCC1. The highest BCUT2D eigenvalue weighted by Gasteiger charge is 2.19. The molecule has 1 fully saturated rings. The van der Waals surface area contributed by atoms with E-state index in [1.807, 2.05) is 6.20 Å². The van der Waals surface area contributed by atoms with Crippen molar-refractivity contribution in [2.45, 2.75) is 26.3 Å². The summed E-state index contributed by atoms with van der Waals surface area (Å²) in [5.74, 6) is 1.76. The van der Waals surface area contributed by atoms with Gasteiger partial charge in [0.2, 0.25) is 0 Å². The Morgan fingerprint density at radius 2 is 1.85 bits per heavy atom. The van der Waals surface area contributed by atoms with Gasteiger partial charge in [-0.25, -0.2) is 9.97 Å². The Morgan fingerprint density at radius 1 is 1.04 bits per heavy atom. The van der Waals surface area contributed by atoms with Gasteiger partial charge < -0.3 is 9.88 Å². The normalized spacial score (nSPS) is 15.6. The Balaban J connectivity index is 1.59. The summed E-state index contributed by atoms with van der Waals surface area (Å²) in [7, 11) is 0. The molecule has 3 heterocycles. The average Bonchev–Trinajstić information content (AvgIpc) is 3.04. The number of pyridine rings is 1. The molecule has 0 amide bonds. The van der Waals surface area contributed by atoms with Crippen molar-refractivity contribution in [1.82, 2.24) is 19.9 Å². The number of nitrogens with one attached hydrogen (secondary N) is 1. The first-order valence-corrected chi connectivity index (χ1v) is 9.81. The zero-order valence-electron chi connectivity index (χ0n) is 15.7. The van der Waals surface area contributed by atoms with Gasteiger partial charge >= 0.3 is 0 Å². The Kier molecular flexibility index (Phi) is 4.13. The van der Waals surface area contributed by atoms with Crippen LogP contribution in [0.3, 0.4) is 0 Å². The number of hydrogen-bond donors (Lipinski definition) is 1. The standard InChI is InChI=1S/C23H24N4/c1-16-26-22-21(20-7-6-18-4-2-3-5-19(18)14-20)10-13-25-23(22)27(16)15-17-8-11-24-12-9-17/h2-7,10,13-14,17,24H,8-9,11-12,15H2,1H3. The molecule has 0 saturated carbocycles. The van der Waals surface area contributed by atoms with E-state index in [1.54, 1.807) is 0 Å². The molecule has 4 nitrogen and oxygen atoms in total. The van der Waals surface area contributed by atoms with Crippen molar-refractivity contribution in [3.63, 3.8) is 0 Å². The molecule has 1 aliphatic heterocycles. The van der Waals surface area contributed by atoms with Gasteiger partial charge in [-0.2, -0.15) is 0 Å². The van der Waals surface area contributed by atoms with Crippen LogP contribution >= 0.6 is 0 Å². The largest absolute Gasteiger partial charge is 0.317 e. The minimum atomic E-state index is 0.702. The van der Waals surface area contributed by atoms with Crippen molar-refractivity contribution < 1.29 is 0 Å². The van der Waals surface area contributed by atoms with Gasteiger partial charge in [0.1, 0.15) is 11.3 Å². The van der Waals surface area contributed by atoms with Crippen molar-refractivity contribution in [2.75, 3.05) is 13.1 Å². The van der Waals surface area contributed by atoms with E-state index in [1.165, 1.54) is 29.2 Å². The van der Waals surface area contributed by atoms with Gasteiger partial charge in [0.05, 0.1) is 0 Å². The van der Waals surface area contributed by atoms with Gasteiger partial charge in [-0.3, -0.25) is 0 Å². The predicted octanol–water partition coefficient (Wildman–Crippen LogP) is 4.56. The van der Waals surface area contributed by atoms with Gasteiger partial charge in [0, 0.05) is 18.3 Å². The molecule has 0 bridgehead atoms. The first-order valence-electron chi connectivity index (χ1n) is 9.81. The zero-order chi connectivity index (χ0) is 18.2. The van der Waals surface area contributed by atoms with Crippen LogP contribution in [0.4, 0.5) is 0 Å². The number of aromatic nitrogens is 3. The molecular weight excluding hydrogens is 332 g/mol. The third kappa shape index (κ3) is 3.00. The van der Waals surface area contributed by atoms with Crippen LogP contribution in [0, 0.1) is 12.8 Å². The summed E-state index contributed by atoms with van der Waals surface area (Å²) < 4.78 is 2.32. The van der Waals surface area contributed by atoms with Gasteiger partial charge in [-0.05, 0) is 67.2 Å². The quantitative estimate of drug-likeness (QED) is 0.585. The molecule has 1 aliphatic rings. The van der Waals surface area contributed by atoms with Gasteiger partial charge in [0.25, 0.3) is 0 Å². The molecule has 0 aliphatic carbocycles. The topological polar surface area (TPSA) is 42.7 Å². The van der Waals surface area contributed by atoms with E-state index in [-0.39, 0.29) is 0 Å². The van der Waals surface area contributed by atoms with Crippen molar-refractivity contribution in [3.05, 3.63) is 60.6 Å². The van der Waals surface area contributed by atoms with Crippen molar-refractivity contribution in [1.29, 1.82) is 0 Å². The minimum Gasteiger partial charge on any atom is -0.317 e. The number of piperidine rings is 1. The van der Waals surface area contributed by atoms with Crippen LogP contribution in [0.5, 0.6) is 0 Å². The third-order valence-electron chi connectivity index (χ3n) is 5.78. The molecule has 4 heteroatoms. The first-order chi connectivity index (χ1) is 13.3. The summed E-state index contributed by atoms with van der Waals surface area (Å²) in [5, 5.41) is 5.97. The summed E-state index contributed by atoms with van der Waals surface area (Å²) in [6.45, 7) is 5.35. The number of nitrogens with zero attached hydrogens (tertiary/aromatic N) is 3. The zero-order valence-corrected chi connectivity index (χ0v) is 15.7. The summed E-state index contributed by atoms with van der Waals surface area (Å²) in [5.41, 5.74) is 4.39. The number of imidazole rings is 1. The Bertz CT molecular complexity index is 1110. The summed E-state index contributed by atoms with van der Waals surface area (Å²) in [4.78, 5) is 9.62. The molecule has 1 N–H and O–H groups in total. The molecular formula is C23H24N4. The first kappa shape index (κ1) is 16.5. The second-order valence-electron chi connectivity index (χ2n) is 7.56. The molecule has 136 valence electrons. The minimum absolute atomic E-state index is 0.702. The maximum absolute atomic E-state index is 4.92. The maximum Gasteiger partial charge on any atom is 0.160 e. The Morgan fingerprint density at radius 3 is 2.70 bits per heavy atom. The second kappa shape index (κ2) is 6.78. The number of aryl methyl sites for hydroxylation is 1. The van der Waals surface area contributed by atoms with Crippen molar-refractivity contribution in [2.24, 2.45) is 5.92 Å². The van der Waals surface area contributed by atoms with E-state index < -0.39 is 0 Å². The predicted molar refractivity (Wildman–Crippen MR) is 111 cm³/mol. The van der Waals surface area contributed by atoms with E-state index in [4.69, 9.17) is 9.97 Å². The fourth-order valence-corrected chi connectivity index (χ4v) is 4.26. The van der Waals surface area contributed by atoms with E-state index in [0.717, 1.165) is 42.2 Å². The van der Waals surface area contributed by atoms with Crippen LogP contribution in [0.1, 0.15) is 18.7 Å². The summed E-state index contributed by atoms with van der Waals surface area (Å²) >= 11 is 0. The molecule has 0 unspecified atom stereocenters. The second-order valence-corrected chi connectivity index (χ2v) is 7.56. The fraction of sp³-hybridized carbons (Fsp3) is 0.304. The lowest BCUT2D eigenvalue weighted by atomic mass is 9.98. The monoisotopic (exact) mass is 356 g/mol. The van der Waals surface area contributed by atoms with Crippen LogP contribution in [0.15, 0.2) is 54.7 Å². The van der Waals surface area contributed by atoms with Crippen LogP contribution in [-0.2, 0) is 6.54 Å². The Labute approximate surface area is 159 Å². The molecule has 2 aromatic carbocycles. The highest BCUT2D eigenvalue weighted by molar-refractivity contribution is 5.94. The van der Waals surface area contributed by atoms with Gasteiger partial charge in [-0.1, -0.05) is 36.4 Å². The highest BCUT2D eigenvalue weighted by atomic mass is 15.1. The highest BCUT2D eigenvalue weighted by Crippen LogP contribution is 2.30. The van der Waals surface area contributed by atoms with Crippen LogP contribution in [-0.4, -0.2) is 27.6 Å². The lowest BCUT2D eigenvalue weighted by Crippen LogP contribution is -2.30. The Hall–Kier alpha value is -2.72. The lowest BCUT2D eigenvalue weighted by Gasteiger charge is -2.23. The number of rotatable bonds is 3. The lowest BCUT2D eigenvalue weighted by molar-refractivity contribution is 0.333. The molecule has 2 aromatic heterocycles. The number of benzene rings is 2. The van der Waals surface area contributed by atoms with Crippen molar-refractivity contribution in [3.8, 4) is 11.1 Å². The molecule has 0 radical (unpaired) electrons. The molecule has 0 atom stereocenters. The van der Waals surface area contributed by atoms with E-state index in [0.29, 0.717) is 5.92 Å². The average molecular weight is 356 g/mol. The molecule has 1 saturated heterocycles. The maximum atomic E-state index is 4.92. The molecule has 5 rings (SSSR count). The van der Waals surface area contributed by atoms with E-state index in [9.17, 15) is 0 Å². The third-order valence-corrected chi connectivity index (χ3v) is 5.78. The van der Waals surface area contributed by atoms with Gasteiger partial charge in [-0.15, -0.1) is 0 Å². The fourth-order valence-electron chi connectivity index (χ4n) is 4.26. The van der Waals surface area contributed by atoms with Crippen LogP contribution in [0.2, 0.25) is 0 Å². The van der Waals surface area contributed by atoms with E-state index >= 15 is 0 Å². The van der Waals surface area contributed by atoms with E-state index in [2.05, 4.69) is 65.3 Å².